The summed E-state index contributed by atoms with van der Waals surface area (Å²) in [6.45, 7) is 8.09. The molecule has 21 heavy (non-hydrogen) atoms. The molecule has 1 atom stereocenters. The van der Waals surface area contributed by atoms with E-state index in [-0.39, 0.29) is 6.04 Å². The molecular formula is C18H25N3. The molecule has 0 radical (unpaired) electrons. The molecule has 0 saturated heterocycles. The van der Waals surface area contributed by atoms with Crippen LogP contribution in [0.4, 0.5) is 5.69 Å². The van der Waals surface area contributed by atoms with Gasteiger partial charge in [-0.15, -0.1) is 0 Å². The minimum Gasteiger partial charge on any atom is -0.366 e. The third-order valence-electron chi connectivity index (χ3n) is 3.81. The van der Waals surface area contributed by atoms with Gasteiger partial charge in [0.05, 0.1) is 12.2 Å². The highest BCUT2D eigenvalue weighted by Gasteiger charge is 2.08. The van der Waals surface area contributed by atoms with Gasteiger partial charge in [0, 0.05) is 24.0 Å². The van der Waals surface area contributed by atoms with Gasteiger partial charge in [0.1, 0.15) is 0 Å². The number of nitrogens with zero attached hydrogens (tertiary/aromatic N) is 2. The normalized spacial score (nSPS) is 12.2. The molecule has 3 heteroatoms. The molecule has 1 heterocycles. The predicted octanol–water partition coefficient (Wildman–Crippen LogP) is 3.83. The summed E-state index contributed by atoms with van der Waals surface area (Å²) in [5.74, 6) is 0. The van der Waals surface area contributed by atoms with Gasteiger partial charge < -0.3 is 10.6 Å². The van der Waals surface area contributed by atoms with Crippen LogP contribution in [0.1, 0.15) is 43.3 Å². The van der Waals surface area contributed by atoms with E-state index >= 15 is 0 Å². The maximum atomic E-state index is 6.07. The van der Waals surface area contributed by atoms with Crippen LogP contribution < -0.4 is 10.6 Å². The summed E-state index contributed by atoms with van der Waals surface area (Å²) in [7, 11) is 0. The zero-order chi connectivity index (χ0) is 15.2. The Labute approximate surface area is 127 Å². The first-order valence-corrected chi connectivity index (χ1v) is 7.67. The van der Waals surface area contributed by atoms with Crippen molar-refractivity contribution in [1.29, 1.82) is 0 Å². The lowest BCUT2D eigenvalue weighted by Gasteiger charge is -2.23. The molecule has 1 unspecified atom stereocenters. The number of aromatic nitrogens is 1. The lowest BCUT2D eigenvalue weighted by Crippen LogP contribution is -2.22. The molecule has 2 rings (SSSR count). The summed E-state index contributed by atoms with van der Waals surface area (Å²) >= 11 is 0. The number of aryl methyl sites for hydroxylation is 1. The average molecular weight is 283 g/mol. The van der Waals surface area contributed by atoms with Gasteiger partial charge in [-0.25, -0.2) is 0 Å². The van der Waals surface area contributed by atoms with Crippen LogP contribution in [0.2, 0.25) is 0 Å². The van der Waals surface area contributed by atoms with Gasteiger partial charge in [-0.05, 0) is 50.1 Å². The highest BCUT2D eigenvalue weighted by molar-refractivity contribution is 5.48. The largest absolute Gasteiger partial charge is 0.366 e. The summed E-state index contributed by atoms with van der Waals surface area (Å²) in [6.07, 6.45) is 0.962. The van der Waals surface area contributed by atoms with Gasteiger partial charge in [0.15, 0.2) is 0 Å². The van der Waals surface area contributed by atoms with E-state index in [4.69, 9.17) is 5.73 Å². The van der Waals surface area contributed by atoms with Gasteiger partial charge in [0.25, 0.3) is 0 Å². The molecule has 0 saturated carbocycles. The highest BCUT2D eigenvalue weighted by atomic mass is 15.1. The van der Waals surface area contributed by atoms with Crippen molar-refractivity contribution >= 4 is 5.69 Å². The van der Waals surface area contributed by atoms with Crippen molar-refractivity contribution in [3.63, 3.8) is 0 Å². The fourth-order valence-corrected chi connectivity index (χ4v) is 2.44. The molecule has 3 nitrogen and oxygen atoms in total. The van der Waals surface area contributed by atoms with Crippen LogP contribution in [0.3, 0.4) is 0 Å². The topological polar surface area (TPSA) is 42.1 Å². The molecule has 0 fully saturated rings. The first-order chi connectivity index (χ1) is 10.1. The Morgan fingerprint density at radius 2 is 1.81 bits per heavy atom. The molecule has 0 aliphatic carbocycles. The average Bonchev–Trinajstić information content (AvgIpc) is 2.52. The zero-order valence-corrected chi connectivity index (χ0v) is 13.2. The Morgan fingerprint density at radius 1 is 1.10 bits per heavy atom. The first kappa shape index (κ1) is 15.5. The maximum absolute atomic E-state index is 6.07. The minimum atomic E-state index is 0.132. The van der Waals surface area contributed by atoms with Gasteiger partial charge in [-0.1, -0.05) is 25.1 Å². The third-order valence-corrected chi connectivity index (χ3v) is 3.81. The smallest absolute Gasteiger partial charge is 0.0602 e. The van der Waals surface area contributed by atoms with Crippen LogP contribution in [-0.4, -0.2) is 11.5 Å². The number of rotatable bonds is 6. The number of pyridine rings is 1. The lowest BCUT2D eigenvalue weighted by atomic mass is 10.1. The molecule has 0 bridgehead atoms. The van der Waals surface area contributed by atoms with E-state index in [0.29, 0.717) is 0 Å². The van der Waals surface area contributed by atoms with Crippen molar-refractivity contribution in [2.45, 2.75) is 39.8 Å². The minimum absolute atomic E-state index is 0.132. The molecule has 0 spiro atoms. The second-order valence-electron chi connectivity index (χ2n) is 5.39. The van der Waals surface area contributed by atoms with Crippen molar-refractivity contribution in [2.24, 2.45) is 5.73 Å². The highest BCUT2D eigenvalue weighted by Crippen LogP contribution is 2.21. The van der Waals surface area contributed by atoms with E-state index in [1.165, 1.54) is 11.3 Å². The van der Waals surface area contributed by atoms with Crippen LogP contribution in [-0.2, 0) is 6.54 Å². The molecule has 112 valence electrons. The SMILES string of the molecule is CCC(N)c1ccc(N(CC)Cc2cccc(C)n2)cc1. The number of hydrogen-bond donors (Lipinski definition) is 1. The number of nitrogens with two attached hydrogens (primary N) is 1. The van der Waals surface area contributed by atoms with Crippen LogP contribution >= 0.6 is 0 Å². The Bertz CT molecular complexity index is 563. The zero-order valence-electron chi connectivity index (χ0n) is 13.2. The van der Waals surface area contributed by atoms with E-state index in [2.05, 4.69) is 60.1 Å². The standard InChI is InChI=1S/C18H25N3/c1-4-18(19)15-9-11-17(12-10-15)21(5-2)13-16-8-6-7-14(3)20-16/h6-12,18H,4-5,13,19H2,1-3H3. The Hall–Kier alpha value is -1.87. The fourth-order valence-electron chi connectivity index (χ4n) is 2.44. The van der Waals surface area contributed by atoms with Crippen molar-refractivity contribution < 1.29 is 0 Å². The Morgan fingerprint density at radius 3 is 2.38 bits per heavy atom. The maximum Gasteiger partial charge on any atom is 0.0602 e. The van der Waals surface area contributed by atoms with Crippen molar-refractivity contribution in [3.05, 3.63) is 59.4 Å². The van der Waals surface area contributed by atoms with E-state index in [9.17, 15) is 0 Å². The second-order valence-corrected chi connectivity index (χ2v) is 5.39. The van der Waals surface area contributed by atoms with Crippen LogP contribution in [0.15, 0.2) is 42.5 Å². The van der Waals surface area contributed by atoms with E-state index in [1.54, 1.807) is 0 Å². The van der Waals surface area contributed by atoms with E-state index in [0.717, 1.165) is 30.9 Å². The predicted molar refractivity (Wildman–Crippen MR) is 89.4 cm³/mol. The summed E-state index contributed by atoms with van der Waals surface area (Å²) in [5.41, 5.74) is 10.7. The fraction of sp³-hybridized carbons (Fsp3) is 0.389. The second kappa shape index (κ2) is 7.23. The Balaban J connectivity index is 2.14. The van der Waals surface area contributed by atoms with Gasteiger partial charge in [-0.2, -0.15) is 0 Å². The molecule has 0 aliphatic heterocycles. The third kappa shape index (κ3) is 4.05. The first-order valence-electron chi connectivity index (χ1n) is 7.67. The summed E-state index contributed by atoms with van der Waals surface area (Å²) < 4.78 is 0. The van der Waals surface area contributed by atoms with E-state index < -0.39 is 0 Å². The molecule has 1 aromatic carbocycles. The molecule has 0 aliphatic rings. The lowest BCUT2D eigenvalue weighted by molar-refractivity contribution is 0.698. The summed E-state index contributed by atoms with van der Waals surface area (Å²) in [4.78, 5) is 6.91. The number of anilines is 1. The molecule has 0 amide bonds. The molecule has 2 N–H and O–H groups in total. The van der Waals surface area contributed by atoms with E-state index in [1.807, 2.05) is 13.0 Å². The van der Waals surface area contributed by atoms with Crippen molar-refractivity contribution in [3.8, 4) is 0 Å². The van der Waals surface area contributed by atoms with Gasteiger partial charge in [-0.3, -0.25) is 4.98 Å². The van der Waals surface area contributed by atoms with Crippen molar-refractivity contribution in [2.75, 3.05) is 11.4 Å². The molecular weight excluding hydrogens is 258 g/mol. The Kier molecular flexibility index (Phi) is 5.34. The quantitative estimate of drug-likeness (QED) is 0.876. The van der Waals surface area contributed by atoms with Gasteiger partial charge in [0.2, 0.25) is 0 Å². The van der Waals surface area contributed by atoms with Gasteiger partial charge >= 0.3 is 0 Å². The molecule has 2 aromatic rings. The van der Waals surface area contributed by atoms with Crippen LogP contribution in [0.25, 0.3) is 0 Å². The monoisotopic (exact) mass is 283 g/mol. The molecule has 1 aromatic heterocycles. The number of benzene rings is 1. The number of hydrogen-bond acceptors (Lipinski definition) is 3. The summed E-state index contributed by atoms with van der Waals surface area (Å²) in [6, 6.07) is 14.9. The summed E-state index contributed by atoms with van der Waals surface area (Å²) in [5, 5.41) is 0. The van der Waals surface area contributed by atoms with Crippen LogP contribution in [0.5, 0.6) is 0 Å². The van der Waals surface area contributed by atoms with Crippen molar-refractivity contribution in [1.82, 2.24) is 4.98 Å². The van der Waals surface area contributed by atoms with Crippen LogP contribution in [0, 0.1) is 6.92 Å².